The molecule has 0 aliphatic carbocycles. The van der Waals surface area contributed by atoms with Gasteiger partial charge in [0.1, 0.15) is 12.4 Å². The molecule has 1 atom stereocenters. The number of fused-ring (bicyclic) bond motifs is 1. The van der Waals surface area contributed by atoms with Crippen LogP contribution in [-0.4, -0.2) is 24.2 Å². The average Bonchev–Trinajstić information content (AvgIpc) is 2.67. The van der Waals surface area contributed by atoms with Crippen LogP contribution in [0.5, 0.6) is 5.75 Å². The van der Waals surface area contributed by atoms with Crippen LogP contribution in [0.15, 0.2) is 34.6 Å². The minimum atomic E-state index is -0.769. The van der Waals surface area contributed by atoms with Crippen LogP contribution in [0.3, 0.4) is 0 Å². The molecule has 2 rings (SSSR count). The summed E-state index contributed by atoms with van der Waals surface area (Å²) in [6.45, 7) is -0.0995. The maximum absolute atomic E-state index is 10.7. The van der Waals surface area contributed by atoms with E-state index < -0.39 is 6.04 Å². The van der Waals surface area contributed by atoms with Crippen molar-refractivity contribution >= 4 is 5.90 Å². The second kappa shape index (κ2) is 4.71. The molecule has 1 heterocycles. The minimum absolute atomic E-state index is 0.0504. The third kappa shape index (κ3) is 1.87. The third-order valence-corrected chi connectivity index (χ3v) is 2.10. The molecule has 0 fully saturated rings. The highest BCUT2D eigenvalue weighted by Crippen LogP contribution is 2.35. The van der Waals surface area contributed by atoms with Gasteiger partial charge in [-0.2, -0.15) is 0 Å². The molecule has 6 heteroatoms. The van der Waals surface area contributed by atoms with Crippen molar-refractivity contribution in [2.75, 3.05) is 13.2 Å². The fraction of sp³-hybridized carbons (Fsp3) is 0.300. The maximum Gasteiger partial charge on any atom is 0.264 e. The third-order valence-electron chi connectivity index (χ3n) is 2.10. The normalized spacial score (nSPS) is 20.3. The second-order valence-corrected chi connectivity index (χ2v) is 3.13. The SMILES string of the molecule is O=NC1/C(=N\OCCO)Oc2ccccc21. The number of para-hydroxylation sites is 1. The number of benzene rings is 1. The van der Waals surface area contributed by atoms with Crippen molar-refractivity contribution in [3.8, 4) is 5.75 Å². The van der Waals surface area contributed by atoms with Gasteiger partial charge in [0.25, 0.3) is 5.90 Å². The molecule has 1 aromatic carbocycles. The number of rotatable bonds is 4. The van der Waals surface area contributed by atoms with Crippen molar-refractivity contribution in [1.82, 2.24) is 0 Å². The molecule has 0 radical (unpaired) electrons. The van der Waals surface area contributed by atoms with Crippen molar-refractivity contribution in [1.29, 1.82) is 0 Å². The van der Waals surface area contributed by atoms with Gasteiger partial charge in [0.2, 0.25) is 0 Å². The Morgan fingerprint density at radius 1 is 1.44 bits per heavy atom. The molecule has 1 aromatic rings. The smallest absolute Gasteiger partial charge is 0.264 e. The summed E-state index contributed by atoms with van der Waals surface area (Å²) in [6.07, 6.45) is 0. The summed E-state index contributed by atoms with van der Waals surface area (Å²) in [5.41, 5.74) is 0.670. The van der Waals surface area contributed by atoms with Gasteiger partial charge in [-0.3, -0.25) is 0 Å². The number of hydrogen-bond donors (Lipinski definition) is 1. The van der Waals surface area contributed by atoms with Crippen LogP contribution in [0.1, 0.15) is 11.6 Å². The van der Waals surface area contributed by atoms with Gasteiger partial charge in [-0.1, -0.05) is 23.4 Å². The number of oxime groups is 1. The van der Waals surface area contributed by atoms with Gasteiger partial charge in [-0.15, -0.1) is 4.91 Å². The second-order valence-electron chi connectivity index (χ2n) is 3.13. The van der Waals surface area contributed by atoms with Crippen LogP contribution < -0.4 is 4.74 Å². The number of nitroso groups, excluding NO2 is 1. The molecule has 1 aliphatic rings. The number of aliphatic hydroxyl groups excluding tert-OH is 1. The molecular formula is C10H10N2O4. The van der Waals surface area contributed by atoms with Crippen molar-refractivity contribution < 1.29 is 14.7 Å². The summed E-state index contributed by atoms with van der Waals surface area (Å²) in [5.74, 6) is 0.656. The molecule has 0 spiro atoms. The molecular weight excluding hydrogens is 212 g/mol. The predicted molar refractivity (Wildman–Crippen MR) is 56.1 cm³/mol. The van der Waals surface area contributed by atoms with Gasteiger partial charge in [0, 0.05) is 5.56 Å². The molecule has 16 heavy (non-hydrogen) atoms. The van der Waals surface area contributed by atoms with Crippen LogP contribution in [0.4, 0.5) is 0 Å². The minimum Gasteiger partial charge on any atom is -0.437 e. The van der Waals surface area contributed by atoms with E-state index in [2.05, 4.69) is 10.3 Å². The van der Waals surface area contributed by atoms with E-state index in [1.165, 1.54) is 0 Å². The Kier molecular flexibility index (Phi) is 3.11. The predicted octanol–water partition coefficient (Wildman–Crippen LogP) is 1.21. The number of ether oxygens (including phenoxy) is 1. The first kappa shape index (κ1) is 10.6. The van der Waals surface area contributed by atoms with E-state index >= 15 is 0 Å². The highest BCUT2D eigenvalue weighted by Gasteiger charge is 2.32. The first-order chi connectivity index (χ1) is 7.86. The Morgan fingerprint density at radius 2 is 2.25 bits per heavy atom. The van der Waals surface area contributed by atoms with Gasteiger partial charge in [0.05, 0.1) is 6.61 Å². The fourth-order valence-corrected chi connectivity index (χ4v) is 1.42. The number of hydrogen-bond acceptors (Lipinski definition) is 6. The van der Waals surface area contributed by atoms with E-state index in [9.17, 15) is 4.91 Å². The summed E-state index contributed by atoms with van der Waals surface area (Å²) in [6, 6.07) is 6.28. The Morgan fingerprint density at radius 3 is 3.00 bits per heavy atom. The van der Waals surface area contributed by atoms with E-state index in [1.54, 1.807) is 24.3 Å². The van der Waals surface area contributed by atoms with Crippen LogP contribution in [0, 0.1) is 4.91 Å². The zero-order valence-corrected chi connectivity index (χ0v) is 8.37. The van der Waals surface area contributed by atoms with E-state index in [-0.39, 0.29) is 19.1 Å². The van der Waals surface area contributed by atoms with Gasteiger partial charge >= 0.3 is 0 Å². The highest BCUT2D eigenvalue weighted by atomic mass is 16.7. The van der Waals surface area contributed by atoms with Crippen LogP contribution in [0.2, 0.25) is 0 Å². The Hall–Kier alpha value is -1.95. The lowest BCUT2D eigenvalue weighted by Gasteiger charge is -2.00. The molecule has 1 N–H and O–H groups in total. The molecule has 0 amide bonds. The lowest BCUT2D eigenvalue weighted by Crippen LogP contribution is -2.10. The van der Waals surface area contributed by atoms with Crippen LogP contribution >= 0.6 is 0 Å². The van der Waals surface area contributed by atoms with Crippen LogP contribution in [0.25, 0.3) is 0 Å². The number of nitrogens with zero attached hydrogens (tertiary/aromatic N) is 2. The van der Waals surface area contributed by atoms with Crippen molar-refractivity contribution in [2.24, 2.45) is 10.3 Å². The largest absolute Gasteiger partial charge is 0.437 e. The van der Waals surface area contributed by atoms with Gasteiger partial charge in [-0.25, -0.2) is 0 Å². The standard InChI is InChI=1S/C10H10N2O4/c13-5-6-15-12-10-9(11-14)7-3-1-2-4-8(7)16-10/h1-4,9,13H,5-6H2/b12-10+. The molecule has 84 valence electrons. The molecule has 0 bridgehead atoms. The monoisotopic (exact) mass is 222 g/mol. The van der Waals surface area contributed by atoms with E-state index in [1.807, 2.05) is 0 Å². The summed E-state index contributed by atoms with van der Waals surface area (Å²) >= 11 is 0. The summed E-state index contributed by atoms with van der Waals surface area (Å²) < 4.78 is 5.31. The quantitative estimate of drug-likeness (QED) is 0.471. The Labute approximate surface area is 91.5 Å². The molecule has 1 aliphatic heterocycles. The van der Waals surface area contributed by atoms with Crippen molar-refractivity contribution in [2.45, 2.75) is 6.04 Å². The van der Waals surface area contributed by atoms with Gasteiger partial charge in [0.15, 0.2) is 6.04 Å². The molecule has 6 nitrogen and oxygen atoms in total. The van der Waals surface area contributed by atoms with Crippen LogP contribution in [-0.2, 0) is 4.84 Å². The lowest BCUT2D eigenvalue weighted by atomic mass is 10.1. The lowest BCUT2D eigenvalue weighted by molar-refractivity contribution is 0.0947. The molecule has 1 unspecified atom stereocenters. The van der Waals surface area contributed by atoms with Crippen molar-refractivity contribution in [3.63, 3.8) is 0 Å². The molecule has 0 aromatic heterocycles. The fourth-order valence-electron chi connectivity index (χ4n) is 1.42. The number of aliphatic hydroxyl groups is 1. The first-order valence-corrected chi connectivity index (χ1v) is 4.76. The zero-order valence-electron chi connectivity index (χ0n) is 8.37. The molecule has 0 saturated heterocycles. The van der Waals surface area contributed by atoms with Gasteiger partial charge in [-0.05, 0) is 11.2 Å². The first-order valence-electron chi connectivity index (χ1n) is 4.76. The topological polar surface area (TPSA) is 80.5 Å². The Bertz CT molecular complexity index is 419. The van der Waals surface area contributed by atoms with Crippen molar-refractivity contribution in [3.05, 3.63) is 34.7 Å². The summed E-state index contributed by atoms with van der Waals surface area (Å²) in [4.78, 5) is 15.4. The highest BCUT2D eigenvalue weighted by molar-refractivity contribution is 5.89. The summed E-state index contributed by atoms with van der Waals surface area (Å²) in [7, 11) is 0. The average molecular weight is 222 g/mol. The van der Waals surface area contributed by atoms with E-state index in [0.29, 0.717) is 11.3 Å². The van der Waals surface area contributed by atoms with E-state index in [4.69, 9.17) is 14.7 Å². The maximum atomic E-state index is 10.7. The summed E-state index contributed by atoms with van der Waals surface area (Å²) in [5, 5.41) is 15.1. The van der Waals surface area contributed by atoms with E-state index in [0.717, 1.165) is 0 Å². The zero-order chi connectivity index (χ0) is 11.4. The van der Waals surface area contributed by atoms with Gasteiger partial charge < -0.3 is 14.7 Å². The Balaban J connectivity index is 2.20. The molecule has 0 saturated carbocycles.